The molecule has 1 aromatic carbocycles. The molecule has 0 amide bonds. The van der Waals surface area contributed by atoms with Crippen molar-refractivity contribution in [2.45, 2.75) is 12.5 Å². The maximum absolute atomic E-state index is 4.67. The van der Waals surface area contributed by atoms with E-state index in [1.54, 1.807) is 0 Å². The fourth-order valence-corrected chi connectivity index (χ4v) is 2.33. The molecule has 3 aromatic rings. The number of hydrogen-bond acceptors (Lipinski definition) is 3. The van der Waals surface area contributed by atoms with Gasteiger partial charge in [0, 0.05) is 24.5 Å². The molecule has 0 saturated carbocycles. The fraction of sp³-hybridized carbons (Fsp3) is 0.176. The van der Waals surface area contributed by atoms with Crippen molar-refractivity contribution in [3.05, 3.63) is 78.4 Å². The van der Waals surface area contributed by atoms with Gasteiger partial charge in [-0.3, -0.25) is 4.98 Å². The normalized spacial score (nSPS) is 12.2. The van der Waals surface area contributed by atoms with Crippen molar-refractivity contribution in [3.63, 3.8) is 0 Å². The first-order chi connectivity index (χ1) is 10.4. The molecule has 0 fully saturated rings. The molecule has 0 aliphatic carbocycles. The number of para-hydroxylation sites is 1. The third-order valence-corrected chi connectivity index (χ3v) is 3.48. The largest absolute Gasteiger partial charge is 0.311 e. The zero-order chi connectivity index (χ0) is 14.5. The van der Waals surface area contributed by atoms with Crippen LogP contribution in [-0.4, -0.2) is 21.8 Å². The van der Waals surface area contributed by atoms with Crippen LogP contribution in [0.2, 0.25) is 0 Å². The Hall–Kier alpha value is -2.46. The number of hydrogen-bond donors (Lipinski definition) is 1. The van der Waals surface area contributed by atoms with Crippen molar-refractivity contribution in [3.8, 4) is 5.69 Å². The van der Waals surface area contributed by atoms with Gasteiger partial charge in [0.1, 0.15) is 0 Å². The number of nitrogens with zero attached hydrogens (tertiary/aromatic N) is 3. The second-order valence-corrected chi connectivity index (χ2v) is 4.89. The lowest BCUT2D eigenvalue weighted by Crippen LogP contribution is -2.20. The topological polar surface area (TPSA) is 42.7 Å². The number of aromatic nitrogens is 3. The number of pyridine rings is 1. The first-order valence-corrected chi connectivity index (χ1v) is 7.05. The van der Waals surface area contributed by atoms with Crippen LogP contribution >= 0.6 is 0 Å². The van der Waals surface area contributed by atoms with Crippen LogP contribution in [0.15, 0.2) is 67.0 Å². The summed E-state index contributed by atoms with van der Waals surface area (Å²) in [5.74, 6) is 0. The molecule has 0 aliphatic heterocycles. The van der Waals surface area contributed by atoms with Crippen molar-refractivity contribution in [1.82, 2.24) is 20.1 Å². The van der Waals surface area contributed by atoms with Gasteiger partial charge in [0.15, 0.2) is 0 Å². The molecule has 2 aromatic heterocycles. The Balaban J connectivity index is 1.81. The average molecular weight is 278 g/mol. The molecule has 2 heterocycles. The van der Waals surface area contributed by atoms with Gasteiger partial charge in [0.25, 0.3) is 0 Å². The van der Waals surface area contributed by atoms with Crippen LogP contribution in [0.4, 0.5) is 0 Å². The third kappa shape index (κ3) is 3.17. The summed E-state index contributed by atoms with van der Waals surface area (Å²) in [5, 5.41) is 7.99. The Labute approximate surface area is 124 Å². The number of likely N-dealkylation sites (N-methyl/N-ethyl adjacent to an activating group) is 1. The van der Waals surface area contributed by atoms with Gasteiger partial charge in [-0.15, -0.1) is 0 Å². The quantitative estimate of drug-likeness (QED) is 0.780. The van der Waals surface area contributed by atoms with E-state index in [0.29, 0.717) is 0 Å². The van der Waals surface area contributed by atoms with Crippen molar-refractivity contribution >= 4 is 0 Å². The lowest BCUT2D eigenvalue weighted by atomic mass is 10.1. The Morgan fingerprint density at radius 3 is 2.57 bits per heavy atom. The molecule has 3 rings (SSSR count). The summed E-state index contributed by atoms with van der Waals surface area (Å²) in [5.41, 5.74) is 3.15. The first kappa shape index (κ1) is 13.5. The highest BCUT2D eigenvalue weighted by Crippen LogP contribution is 2.16. The zero-order valence-corrected chi connectivity index (χ0v) is 12.0. The molecule has 0 aliphatic rings. The van der Waals surface area contributed by atoms with E-state index >= 15 is 0 Å². The second kappa shape index (κ2) is 6.33. The fourth-order valence-electron chi connectivity index (χ4n) is 2.33. The third-order valence-electron chi connectivity index (χ3n) is 3.48. The van der Waals surface area contributed by atoms with Crippen LogP contribution in [0.3, 0.4) is 0 Å². The summed E-state index contributed by atoms with van der Waals surface area (Å²) < 4.78 is 1.90. The van der Waals surface area contributed by atoms with Gasteiger partial charge in [-0.25, -0.2) is 4.68 Å². The molecule has 0 bridgehead atoms. The van der Waals surface area contributed by atoms with Crippen LogP contribution in [0.5, 0.6) is 0 Å². The van der Waals surface area contributed by atoms with Crippen LogP contribution in [0.1, 0.15) is 17.4 Å². The lowest BCUT2D eigenvalue weighted by Gasteiger charge is -2.13. The van der Waals surface area contributed by atoms with Gasteiger partial charge in [-0.05, 0) is 37.4 Å². The molecule has 1 N–H and O–H groups in total. The maximum Gasteiger partial charge on any atom is 0.0802 e. The van der Waals surface area contributed by atoms with E-state index in [9.17, 15) is 0 Å². The first-order valence-electron chi connectivity index (χ1n) is 7.05. The highest BCUT2D eigenvalue weighted by atomic mass is 15.3. The SMILES string of the molecule is CNC(Cc1ccccn1)c1ccn(-c2ccccc2)n1. The minimum atomic E-state index is 0.157. The van der Waals surface area contributed by atoms with Gasteiger partial charge in [-0.2, -0.15) is 5.10 Å². The van der Waals surface area contributed by atoms with Crippen LogP contribution in [0.25, 0.3) is 5.69 Å². The van der Waals surface area contributed by atoms with Gasteiger partial charge < -0.3 is 5.32 Å². The molecule has 4 nitrogen and oxygen atoms in total. The van der Waals surface area contributed by atoms with E-state index in [-0.39, 0.29) is 6.04 Å². The monoisotopic (exact) mass is 278 g/mol. The van der Waals surface area contributed by atoms with E-state index < -0.39 is 0 Å². The highest BCUT2D eigenvalue weighted by molar-refractivity contribution is 5.30. The van der Waals surface area contributed by atoms with E-state index in [1.165, 1.54) is 0 Å². The molecular weight excluding hydrogens is 260 g/mol. The van der Waals surface area contributed by atoms with E-state index in [0.717, 1.165) is 23.5 Å². The highest BCUT2D eigenvalue weighted by Gasteiger charge is 2.14. The Morgan fingerprint density at radius 1 is 1.05 bits per heavy atom. The molecule has 0 spiro atoms. The van der Waals surface area contributed by atoms with Gasteiger partial charge >= 0.3 is 0 Å². The molecule has 4 heteroatoms. The Bertz CT molecular complexity index is 676. The van der Waals surface area contributed by atoms with Crippen LogP contribution in [-0.2, 0) is 6.42 Å². The van der Waals surface area contributed by atoms with Crippen molar-refractivity contribution < 1.29 is 0 Å². The number of rotatable bonds is 5. The van der Waals surface area contributed by atoms with Crippen LogP contribution < -0.4 is 5.32 Å². The van der Waals surface area contributed by atoms with Crippen LogP contribution in [0, 0.1) is 0 Å². The van der Waals surface area contributed by atoms with E-state index in [1.807, 2.05) is 72.7 Å². The van der Waals surface area contributed by atoms with E-state index in [2.05, 4.69) is 21.5 Å². The number of benzene rings is 1. The van der Waals surface area contributed by atoms with Gasteiger partial charge in [0.2, 0.25) is 0 Å². The van der Waals surface area contributed by atoms with E-state index in [4.69, 9.17) is 0 Å². The number of nitrogens with one attached hydrogen (secondary N) is 1. The second-order valence-electron chi connectivity index (χ2n) is 4.89. The summed E-state index contributed by atoms with van der Waals surface area (Å²) in [6.07, 6.45) is 4.64. The summed E-state index contributed by atoms with van der Waals surface area (Å²) in [6.45, 7) is 0. The summed E-state index contributed by atoms with van der Waals surface area (Å²) in [7, 11) is 1.95. The molecule has 106 valence electrons. The summed E-state index contributed by atoms with van der Waals surface area (Å²) >= 11 is 0. The van der Waals surface area contributed by atoms with Gasteiger partial charge in [0.05, 0.1) is 17.4 Å². The predicted octanol–water partition coefficient (Wildman–Crippen LogP) is 2.77. The predicted molar refractivity (Wildman–Crippen MR) is 83.3 cm³/mol. The minimum Gasteiger partial charge on any atom is -0.311 e. The molecule has 0 radical (unpaired) electrons. The molecule has 0 saturated heterocycles. The summed E-state index contributed by atoms with van der Waals surface area (Å²) in [4.78, 5) is 4.38. The average Bonchev–Trinajstić information content (AvgIpc) is 3.04. The minimum absolute atomic E-state index is 0.157. The Morgan fingerprint density at radius 2 is 1.86 bits per heavy atom. The van der Waals surface area contributed by atoms with Gasteiger partial charge in [-0.1, -0.05) is 24.3 Å². The van der Waals surface area contributed by atoms with Crippen molar-refractivity contribution in [1.29, 1.82) is 0 Å². The standard InChI is InChI=1S/C17H18N4/c1-18-17(13-14-7-5-6-11-19-14)16-10-12-21(20-16)15-8-3-2-4-9-15/h2-12,17-18H,13H2,1H3. The molecular formula is C17H18N4. The summed E-state index contributed by atoms with van der Waals surface area (Å²) in [6, 6.07) is 18.3. The smallest absolute Gasteiger partial charge is 0.0802 e. The zero-order valence-electron chi connectivity index (χ0n) is 12.0. The molecule has 21 heavy (non-hydrogen) atoms. The maximum atomic E-state index is 4.67. The van der Waals surface area contributed by atoms with Crippen molar-refractivity contribution in [2.75, 3.05) is 7.05 Å². The lowest BCUT2D eigenvalue weighted by molar-refractivity contribution is 0.562. The van der Waals surface area contributed by atoms with Crippen molar-refractivity contribution in [2.24, 2.45) is 0 Å². The molecule has 1 unspecified atom stereocenters. The molecule has 1 atom stereocenters. The Kier molecular flexibility index (Phi) is 4.07.